The van der Waals surface area contributed by atoms with Crippen LogP contribution in [-0.2, 0) is 5.41 Å². The predicted molar refractivity (Wildman–Crippen MR) is 61.6 cm³/mol. The van der Waals surface area contributed by atoms with Crippen molar-refractivity contribution in [3.05, 3.63) is 34.4 Å². The standard InChI is InChI=1S/C13H18O2/c1-8-6-10(12(14)15)7-9(2)11(8)13(3,4)5/h6-7H,1-5H3,(H,14,15). The quantitative estimate of drug-likeness (QED) is 0.765. The summed E-state index contributed by atoms with van der Waals surface area (Å²) in [6.07, 6.45) is 0. The fourth-order valence-corrected chi connectivity index (χ4v) is 2.27. The molecule has 0 spiro atoms. The Morgan fingerprint density at radius 3 is 1.80 bits per heavy atom. The summed E-state index contributed by atoms with van der Waals surface area (Å²) in [5, 5.41) is 8.93. The molecule has 1 N–H and O–H groups in total. The van der Waals surface area contributed by atoms with Crippen LogP contribution in [0.15, 0.2) is 12.1 Å². The fourth-order valence-electron chi connectivity index (χ4n) is 2.27. The Hall–Kier alpha value is -1.31. The zero-order valence-corrected chi connectivity index (χ0v) is 10.0. The van der Waals surface area contributed by atoms with E-state index in [1.807, 2.05) is 13.8 Å². The van der Waals surface area contributed by atoms with Gasteiger partial charge in [0.1, 0.15) is 0 Å². The highest BCUT2D eigenvalue weighted by Gasteiger charge is 2.20. The highest BCUT2D eigenvalue weighted by atomic mass is 16.4. The summed E-state index contributed by atoms with van der Waals surface area (Å²) >= 11 is 0. The molecule has 0 unspecified atom stereocenters. The molecule has 0 saturated carbocycles. The summed E-state index contributed by atoms with van der Waals surface area (Å²) in [5.74, 6) is -0.860. The highest BCUT2D eigenvalue weighted by molar-refractivity contribution is 5.88. The Balaban J connectivity index is 3.41. The number of carbonyl (C=O) groups is 1. The maximum absolute atomic E-state index is 10.9. The third-order valence-corrected chi connectivity index (χ3v) is 2.53. The SMILES string of the molecule is Cc1cc(C(=O)O)cc(C)c1C(C)(C)C. The van der Waals surface area contributed by atoms with Crippen molar-refractivity contribution in [3.8, 4) is 0 Å². The first-order chi connectivity index (χ1) is 6.73. The molecule has 0 bridgehead atoms. The van der Waals surface area contributed by atoms with E-state index in [2.05, 4.69) is 20.8 Å². The lowest BCUT2D eigenvalue weighted by Crippen LogP contribution is -2.16. The summed E-state index contributed by atoms with van der Waals surface area (Å²) in [5.41, 5.74) is 3.79. The lowest BCUT2D eigenvalue weighted by atomic mass is 9.80. The van der Waals surface area contributed by atoms with Crippen molar-refractivity contribution in [2.24, 2.45) is 0 Å². The van der Waals surface area contributed by atoms with Gasteiger partial charge in [-0.25, -0.2) is 4.79 Å². The molecule has 1 aromatic rings. The van der Waals surface area contributed by atoms with E-state index in [1.54, 1.807) is 12.1 Å². The number of aromatic carboxylic acids is 1. The third-order valence-electron chi connectivity index (χ3n) is 2.53. The fraction of sp³-hybridized carbons (Fsp3) is 0.462. The van der Waals surface area contributed by atoms with Gasteiger partial charge in [0.15, 0.2) is 0 Å². The molecular formula is C13H18O2. The predicted octanol–water partition coefficient (Wildman–Crippen LogP) is 3.30. The number of benzene rings is 1. The van der Waals surface area contributed by atoms with Gasteiger partial charge in [0.2, 0.25) is 0 Å². The zero-order valence-electron chi connectivity index (χ0n) is 10.0. The van der Waals surface area contributed by atoms with Crippen molar-refractivity contribution in [2.45, 2.75) is 40.0 Å². The Bertz CT molecular complexity index is 374. The maximum atomic E-state index is 10.9. The molecule has 82 valence electrons. The second-order valence-electron chi connectivity index (χ2n) is 5.04. The van der Waals surface area contributed by atoms with Crippen molar-refractivity contribution < 1.29 is 9.90 Å². The first kappa shape index (κ1) is 11.8. The van der Waals surface area contributed by atoms with Crippen molar-refractivity contribution in [1.29, 1.82) is 0 Å². The van der Waals surface area contributed by atoms with Crippen LogP contribution in [0.1, 0.15) is 47.8 Å². The molecule has 0 saturated heterocycles. The number of aryl methyl sites for hydroxylation is 2. The Morgan fingerprint density at radius 1 is 1.13 bits per heavy atom. The Morgan fingerprint density at radius 2 is 1.53 bits per heavy atom. The normalized spacial score (nSPS) is 11.5. The van der Waals surface area contributed by atoms with E-state index >= 15 is 0 Å². The van der Waals surface area contributed by atoms with Crippen LogP contribution in [0.4, 0.5) is 0 Å². The lowest BCUT2D eigenvalue weighted by molar-refractivity contribution is 0.0696. The molecule has 2 nitrogen and oxygen atoms in total. The van der Waals surface area contributed by atoms with Crippen LogP contribution in [0, 0.1) is 13.8 Å². The van der Waals surface area contributed by atoms with E-state index in [-0.39, 0.29) is 5.41 Å². The number of carboxylic acid groups (broad SMARTS) is 1. The minimum atomic E-state index is -0.860. The molecule has 2 heteroatoms. The second kappa shape index (κ2) is 3.69. The van der Waals surface area contributed by atoms with Crippen molar-refractivity contribution in [1.82, 2.24) is 0 Å². The van der Waals surface area contributed by atoms with Gasteiger partial charge < -0.3 is 5.11 Å². The van der Waals surface area contributed by atoms with Crippen LogP contribution in [-0.4, -0.2) is 11.1 Å². The molecule has 0 fully saturated rings. The van der Waals surface area contributed by atoms with Gasteiger partial charge in [0, 0.05) is 0 Å². The first-order valence-corrected chi connectivity index (χ1v) is 5.08. The van der Waals surface area contributed by atoms with Crippen LogP contribution in [0.3, 0.4) is 0 Å². The minimum Gasteiger partial charge on any atom is -0.478 e. The van der Waals surface area contributed by atoms with Crippen molar-refractivity contribution >= 4 is 5.97 Å². The van der Waals surface area contributed by atoms with E-state index in [0.29, 0.717) is 5.56 Å². The Kier molecular flexibility index (Phi) is 2.89. The van der Waals surface area contributed by atoms with E-state index in [1.165, 1.54) is 5.56 Å². The summed E-state index contributed by atoms with van der Waals surface area (Å²) in [6, 6.07) is 3.49. The van der Waals surface area contributed by atoms with Crippen LogP contribution in [0.2, 0.25) is 0 Å². The molecule has 0 heterocycles. The van der Waals surface area contributed by atoms with Gasteiger partial charge in [-0.1, -0.05) is 20.8 Å². The molecule has 15 heavy (non-hydrogen) atoms. The summed E-state index contributed by atoms with van der Waals surface area (Å²) in [7, 11) is 0. The average molecular weight is 206 g/mol. The van der Waals surface area contributed by atoms with E-state index in [0.717, 1.165) is 11.1 Å². The molecular weight excluding hydrogens is 188 g/mol. The first-order valence-electron chi connectivity index (χ1n) is 5.08. The monoisotopic (exact) mass is 206 g/mol. The lowest BCUT2D eigenvalue weighted by Gasteiger charge is -2.24. The molecule has 0 radical (unpaired) electrons. The topological polar surface area (TPSA) is 37.3 Å². The summed E-state index contributed by atoms with van der Waals surface area (Å²) < 4.78 is 0. The Labute approximate surface area is 90.9 Å². The van der Waals surface area contributed by atoms with Crippen LogP contribution < -0.4 is 0 Å². The van der Waals surface area contributed by atoms with E-state index in [4.69, 9.17) is 5.11 Å². The molecule has 1 aromatic carbocycles. The smallest absolute Gasteiger partial charge is 0.335 e. The van der Waals surface area contributed by atoms with Gasteiger partial charge in [0.05, 0.1) is 5.56 Å². The number of carboxylic acids is 1. The van der Waals surface area contributed by atoms with Gasteiger partial charge in [-0.3, -0.25) is 0 Å². The van der Waals surface area contributed by atoms with Gasteiger partial charge in [0.25, 0.3) is 0 Å². The van der Waals surface area contributed by atoms with Crippen LogP contribution >= 0.6 is 0 Å². The van der Waals surface area contributed by atoms with Crippen molar-refractivity contribution in [3.63, 3.8) is 0 Å². The minimum absolute atomic E-state index is 0.0607. The van der Waals surface area contributed by atoms with Gasteiger partial charge in [-0.15, -0.1) is 0 Å². The van der Waals surface area contributed by atoms with Crippen LogP contribution in [0.25, 0.3) is 0 Å². The molecule has 0 aliphatic heterocycles. The summed E-state index contributed by atoms with van der Waals surface area (Å²) in [6.45, 7) is 10.4. The van der Waals surface area contributed by atoms with E-state index < -0.39 is 5.97 Å². The average Bonchev–Trinajstić information content (AvgIpc) is 1.99. The molecule has 0 aliphatic carbocycles. The molecule has 0 aliphatic rings. The highest BCUT2D eigenvalue weighted by Crippen LogP contribution is 2.29. The zero-order chi connectivity index (χ0) is 11.8. The second-order valence-corrected chi connectivity index (χ2v) is 5.04. The summed E-state index contributed by atoms with van der Waals surface area (Å²) in [4.78, 5) is 10.9. The maximum Gasteiger partial charge on any atom is 0.335 e. The molecule has 1 rings (SSSR count). The van der Waals surface area contributed by atoms with Crippen molar-refractivity contribution in [2.75, 3.05) is 0 Å². The van der Waals surface area contributed by atoms with Gasteiger partial charge in [-0.05, 0) is 48.1 Å². The number of rotatable bonds is 1. The molecule has 0 aromatic heterocycles. The van der Waals surface area contributed by atoms with E-state index in [9.17, 15) is 4.79 Å². The third kappa shape index (κ3) is 2.38. The number of hydrogen-bond donors (Lipinski definition) is 1. The van der Waals surface area contributed by atoms with Gasteiger partial charge in [-0.2, -0.15) is 0 Å². The van der Waals surface area contributed by atoms with Crippen LogP contribution in [0.5, 0.6) is 0 Å². The molecule has 0 atom stereocenters. The molecule has 0 amide bonds. The number of hydrogen-bond acceptors (Lipinski definition) is 1. The largest absolute Gasteiger partial charge is 0.478 e. The van der Waals surface area contributed by atoms with Gasteiger partial charge >= 0.3 is 5.97 Å².